The molecule has 11 aromatic rings. The van der Waals surface area contributed by atoms with Gasteiger partial charge in [0.05, 0.1) is 52.1 Å². The third kappa shape index (κ3) is 3.73. The second kappa shape index (κ2) is 10.2. The van der Waals surface area contributed by atoms with Crippen molar-refractivity contribution in [1.29, 1.82) is 0 Å². The van der Waals surface area contributed by atoms with Crippen LogP contribution in [0.4, 0.5) is 0 Å². The highest BCUT2D eigenvalue weighted by molar-refractivity contribution is 6.84. The molecule has 5 nitrogen and oxygen atoms in total. The summed E-state index contributed by atoms with van der Waals surface area (Å²) in [4.78, 5) is 0. The van der Waals surface area contributed by atoms with Crippen molar-refractivity contribution in [2.24, 2.45) is 0 Å². The van der Waals surface area contributed by atoms with Crippen LogP contribution in [0.1, 0.15) is 35.6 Å². The predicted octanol–water partition coefficient (Wildman–Crippen LogP) is 11.5. The van der Waals surface area contributed by atoms with E-state index in [0.29, 0.717) is 0 Å². The van der Waals surface area contributed by atoms with Crippen LogP contribution in [-0.4, -0.2) is 11.5 Å². The molecule has 0 fully saturated rings. The monoisotopic (exact) mass is 717 g/mol. The maximum atomic E-state index is 9.98. The summed E-state index contributed by atoms with van der Waals surface area (Å²) in [5, 5.41) is -2.04. The van der Waals surface area contributed by atoms with Gasteiger partial charge in [-0.15, -0.1) is 0 Å². The summed E-state index contributed by atoms with van der Waals surface area (Å²) in [6.45, 7) is -1.93. The Bertz CT molecular complexity index is 4850. The van der Waals surface area contributed by atoms with Crippen LogP contribution in [0, 0.1) is 0 Å². The van der Waals surface area contributed by atoms with Crippen LogP contribution in [-0.2, 0) is 0 Å². The highest BCUT2D eigenvalue weighted by atomic mass is 16.5. The maximum absolute atomic E-state index is 9.98. The van der Waals surface area contributed by atoms with Gasteiger partial charge in [0.15, 0.2) is 0 Å². The molecule has 0 N–H and O–H groups in total. The number of benzene rings is 8. The van der Waals surface area contributed by atoms with E-state index in [-0.39, 0.29) is 32.6 Å². The number of hydrogen-bond acceptors (Lipinski definition) is 4. The zero-order valence-corrected chi connectivity index (χ0v) is 26.7. The fourth-order valence-electron chi connectivity index (χ4n) is 7.21. The molecule has 0 atom stereocenters. The molecule has 8 aromatic carbocycles. The summed E-state index contributed by atoms with van der Waals surface area (Å²) in [7, 11) is 0. The molecule has 6 heteroatoms. The Morgan fingerprint density at radius 2 is 1.24 bits per heavy atom. The highest BCUT2D eigenvalue weighted by Gasteiger charge is 2.41. The molecule has 0 bridgehead atoms. The van der Waals surface area contributed by atoms with E-state index in [4.69, 9.17) is 41.5 Å². The van der Waals surface area contributed by atoms with E-state index in [1.54, 1.807) is 0 Å². The number of hydrogen-bond donors (Lipinski definition) is 0. The molecule has 250 valence electrons. The fraction of sp³-hybridized carbons (Fsp3) is 0. The maximum Gasteiger partial charge on any atom is 0.434 e. The minimum atomic E-state index is -1.93. The first kappa shape index (κ1) is 13.7. The smallest absolute Gasteiger partial charge is 0.434 e. The van der Waals surface area contributed by atoms with Gasteiger partial charge in [0.2, 0.25) is 0 Å². The summed E-state index contributed by atoms with van der Waals surface area (Å²) in [5.41, 5.74) is -6.75. The van der Waals surface area contributed by atoms with E-state index >= 15 is 0 Å². The van der Waals surface area contributed by atoms with Crippen LogP contribution in [0.25, 0.3) is 93.6 Å². The molecule has 0 amide bonds. The SMILES string of the molecule is [2H]c1c([2H])c([2H])c2c(c1[2H])OB1c3c([2H])c(-n4c5c([2H])c([2H])c([2H])c([2H])c5c5c([2H])c([2H])c([2H])c([2H])c54)c([2H])c([2H])c3Oc3c([2H])c(-c4c([2H])c([2H])c5c(oc6c5c([2H])c([2H])c5oc7c([2H])c([2H])c([2H])c([2H])c7c56)c4[2H])c([2H])c-2c31. The van der Waals surface area contributed by atoms with Gasteiger partial charge < -0.3 is 22.8 Å². The lowest BCUT2D eigenvalue weighted by Gasteiger charge is -2.33. The van der Waals surface area contributed by atoms with Crippen LogP contribution in [0.15, 0.2) is 166 Å². The minimum absolute atomic E-state index is 0.223. The molecule has 5 heterocycles. The first-order valence-electron chi connectivity index (χ1n) is 29.2. The number of furan rings is 2. The number of nitrogens with zero attached hydrogens (tertiary/aromatic N) is 1. The highest BCUT2D eigenvalue weighted by Crippen LogP contribution is 2.44. The molecule has 0 spiro atoms. The lowest BCUT2D eigenvalue weighted by Crippen LogP contribution is -2.53. The molecule has 0 saturated heterocycles. The largest absolute Gasteiger partial charge is 0.551 e. The number of fused-ring (bicyclic) bond motifs is 14. The summed E-state index contributed by atoms with van der Waals surface area (Å²) >= 11 is 0. The van der Waals surface area contributed by atoms with Crippen molar-refractivity contribution in [3.05, 3.63) is 157 Å². The van der Waals surface area contributed by atoms with E-state index < -0.39 is 253 Å². The van der Waals surface area contributed by atoms with E-state index in [9.17, 15) is 12.3 Å². The van der Waals surface area contributed by atoms with Crippen LogP contribution in [0.3, 0.4) is 0 Å². The van der Waals surface area contributed by atoms with E-state index in [2.05, 4.69) is 0 Å². The first-order chi connectivity index (χ1) is 37.6. The normalized spacial score (nSPS) is 19.8. The fourth-order valence-corrected chi connectivity index (χ4v) is 7.21. The standard InChI is InChI=1S/C48H26BNO4/c1-5-13-38-30(9-1)31-10-2-6-14-39(31)50(38)29-18-21-42-37(26-29)49-47-36(32-11-3-8-16-41(32)54-49)23-28(25-45(47)52-42)27-17-19-33-34-20-22-43-46(48(34)53-44(33)24-27)35-12-4-7-15-40(35)51-43/h1-26H/i1D,2D,3D,4D,5D,6D,7D,8D,9D,10D,11D,12D,13D,14D,15D,16D,17D,18D,19D,20D,21D,22D,23D,24D,25D,26D. The minimum Gasteiger partial charge on any atom is -0.551 e. The van der Waals surface area contributed by atoms with Crippen molar-refractivity contribution < 1.29 is 53.9 Å². The third-order valence-corrected chi connectivity index (χ3v) is 9.49. The molecule has 54 heavy (non-hydrogen) atoms. The molecule has 0 unspecified atom stereocenters. The third-order valence-electron chi connectivity index (χ3n) is 9.49. The lowest BCUT2D eigenvalue weighted by molar-refractivity contribution is 0.479. The van der Waals surface area contributed by atoms with Crippen molar-refractivity contribution in [1.82, 2.24) is 4.57 Å². The Kier molecular flexibility index (Phi) is 2.59. The van der Waals surface area contributed by atoms with Gasteiger partial charge in [-0.05, 0) is 95.2 Å². The second-order valence-electron chi connectivity index (χ2n) is 12.3. The van der Waals surface area contributed by atoms with E-state index in [0.717, 1.165) is 4.57 Å². The molecule has 13 rings (SSSR count). The average molecular weight is 718 g/mol. The number of rotatable bonds is 2. The predicted molar refractivity (Wildman–Crippen MR) is 218 cm³/mol. The molecule has 0 saturated carbocycles. The molecule has 3 aromatic heterocycles. The Balaban J connectivity index is 1.14. The lowest BCUT2D eigenvalue weighted by atomic mass is 9.50. The van der Waals surface area contributed by atoms with Crippen LogP contribution < -0.4 is 20.3 Å². The van der Waals surface area contributed by atoms with Crippen molar-refractivity contribution in [3.8, 4) is 45.2 Å². The number of aromatic nitrogens is 1. The molecule has 0 radical (unpaired) electrons. The van der Waals surface area contributed by atoms with E-state index in [1.165, 1.54) is 0 Å². The van der Waals surface area contributed by atoms with E-state index in [1.807, 2.05) is 0 Å². The average Bonchev–Trinajstić information content (AvgIpc) is 4.27. The van der Waals surface area contributed by atoms with Gasteiger partial charge >= 0.3 is 6.92 Å². The Morgan fingerprint density at radius 1 is 0.481 bits per heavy atom. The van der Waals surface area contributed by atoms with Gasteiger partial charge in [0.1, 0.15) is 39.6 Å². The van der Waals surface area contributed by atoms with Gasteiger partial charge in [-0.3, -0.25) is 0 Å². The molecule has 2 aliphatic heterocycles. The molecule has 0 aliphatic carbocycles. The van der Waals surface area contributed by atoms with Gasteiger partial charge in [-0.1, -0.05) is 78.6 Å². The zero-order chi connectivity index (χ0) is 57.7. The van der Waals surface area contributed by atoms with Gasteiger partial charge in [-0.25, -0.2) is 0 Å². The summed E-state index contributed by atoms with van der Waals surface area (Å²) in [6, 6.07) is -20.4. The van der Waals surface area contributed by atoms with Crippen molar-refractivity contribution >= 4 is 83.5 Å². The Morgan fingerprint density at radius 3 is 2.11 bits per heavy atom. The molecule has 2 aliphatic rings. The van der Waals surface area contributed by atoms with Gasteiger partial charge in [0.25, 0.3) is 0 Å². The summed E-state index contributed by atoms with van der Waals surface area (Å²) in [5.74, 6) is -2.00. The Hall–Kier alpha value is -7.18. The summed E-state index contributed by atoms with van der Waals surface area (Å²) in [6.07, 6.45) is 0. The summed E-state index contributed by atoms with van der Waals surface area (Å²) < 4.78 is 260. The quantitative estimate of drug-likeness (QED) is 0.167. The van der Waals surface area contributed by atoms with Gasteiger partial charge in [-0.2, -0.15) is 0 Å². The van der Waals surface area contributed by atoms with Crippen LogP contribution in [0.5, 0.6) is 17.2 Å². The Labute approximate surface area is 344 Å². The van der Waals surface area contributed by atoms with Crippen molar-refractivity contribution in [2.75, 3.05) is 0 Å². The first-order valence-corrected chi connectivity index (χ1v) is 16.2. The second-order valence-corrected chi connectivity index (χ2v) is 12.3. The number of ether oxygens (including phenoxy) is 1. The van der Waals surface area contributed by atoms with Crippen molar-refractivity contribution in [2.45, 2.75) is 0 Å². The zero-order valence-electron chi connectivity index (χ0n) is 52.7. The number of para-hydroxylation sites is 4. The molecular formula is C48H26BNO4. The van der Waals surface area contributed by atoms with Crippen molar-refractivity contribution in [3.63, 3.8) is 0 Å². The molecular weight excluding hydrogens is 665 g/mol. The van der Waals surface area contributed by atoms with Crippen LogP contribution in [0.2, 0.25) is 0 Å². The van der Waals surface area contributed by atoms with Gasteiger partial charge in [0, 0.05) is 49.1 Å². The van der Waals surface area contributed by atoms with Crippen LogP contribution >= 0.6 is 0 Å². The topological polar surface area (TPSA) is 49.7 Å².